The largest absolute Gasteiger partial charge is 0.485 e. The molecule has 0 radical (unpaired) electrons. The van der Waals surface area contributed by atoms with Crippen LogP contribution in [0.5, 0.6) is 5.75 Å². The van der Waals surface area contributed by atoms with Crippen LogP contribution in [0.25, 0.3) is 22.7 Å². The number of nitrogens with zero attached hydrogens (tertiary/aromatic N) is 3. The molecule has 1 aromatic heterocycles. The Balaban J connectivity index is 1.82. The van der Waals surface area contributed by atoms with Crippen LogP contribution >= 0.6 is 0 Å². The van der Waals surface area contributed by atoms with E-state index in [2.05, 4.69) is 17.1 Å². The zero-order chi connectivity index (χ0) is 17.4. The van der Waals surface area contributed by atoms with Crippen LogP contribution in [0, 0.1) is 11.3 Å². The Hall–Kier alpha value is -3.32. The average molecular weight is 327 g/mol. The minimum absolute atomic E-state index is 0.118. The highest BCUT2D eigenvalue weighted by molar-refractivity contribution is 5.85. The molecule has 1 atom stereocenters. The summed E-state index contributed by atoms with van der Waals surface area (Å²) in [6.07, 6.45) is 3.83. The Kier molecular flexibility index (Phi) is 3.62. The van der Waals surface area contributed by atoms with Gasteiger partial charge in [0.25, 0.3) is 0 Å². The summed E-state index contributed by atoms with van der Waals surface area (Å²) in [4.78, 5) is 4.62. The minimum atomic E-state index is -0.118. The van der Waals surface area contributed by atoms with E-state index in [1.807, 2.05) is 73.1 Å². The second kappa shape index (κ2) is 5.95. The summed E-state index contributed by atoms with van der Waals surface area (Å²) >= 11 is 0. The van der Waals surface area contributed by atoms with Gasteiger partial charge in [-0.15, -0.1) is 0 Å². The van der Waals surface area contributed by atoms with Crippen molar-refractivity contribution in [3.8, 4) is 11.8 Å². The van der Waals surface area contributed by atoms with E-state index in [9.17, 15) is 5.26 Å². The molecule has 4 heteroatoms. The lowest BCUT2D eigenvalue weighted by molar-refractivity contribution is 0.257. The monoisotopic (exact) mass is 327 g/mol. The van der Waals surface area contributed by atoms with Gasteiger partial charge in [0.15, 0.2) is 5.82 Å². The van der Waals surface area contributed by atoms with Crippen molar-refractivity contribution in [1.82, 2.24) is 9.55 Å². The number of hydrogen-bond donors (Lipinski definition) is 0. The molecule has 1 aliphatic heterocycles. The van der Waals surface area contributed by atoms with Gasteiger partial charge in [-0.25, -0.2) is 4.98 Å². The number of rotatable bonds is 2. The van der Waals surface area contributed by atoms with Gasteiger partial charge >= 0.3 is 0 Å². The van der Waals surface area contributed by atoms with Crippen molar-refractivity contribution in [2.24, 2.45) is 7.05 Å². The first-order chi connectivity index (χ1) is 12.2. The summed E-state index contributed by atoms with van der Waals surface area (Å²) in [5.41, 5.74) is 4.40. The van der Waals surface area contributed by atoms with Gasteiger partial charge in [0, 0.05) is 12.6 Å². The van der Waals surface area contributed by atoms with Crippen molar-refractivity contribution >= 4 is 22.7 Å². The summed E-state index contributed by atoms with van der Waals surface area (Å²) in [5, 5.41) is 9.70. The number of allylic oxidation sites excluding steroid dienone is 1. The second-order valence-electron chi connectivity index (χ2n) is 6.10. The maximum Gasteiger partial charge on any atom is 0.151 e. The number of nitriles is 1. The van der Waals surface area contributed by atoms with Crippen LogP contribution in [0.4, 0.5) is 0 Å². The fourth-order valence-corrected chi connectivity index (χ4v) is 3.12. The van der Waals surface area contributed by atoms with Gasteiger partial charge in [0.05, 0.1) is 16.6 Å². The zero-order valence-electron chi connectivity index (χ0n) is 14.1. The molecule has 1 unspecified atom stereocenters. The highest BCUT2D eigenvalue weighted by atomic mass is 16.5. The van der Waals surface area contributed by atoms with Gasteiger partial charge in [-0.3, -0.25) is 0 Å². The summed E-state index contributed by atoms with van der Waals surface area (Å²) in [6, 6.07) is 18.1. The first-order valence-corrected chi connectivity index (χ1v) is 8.18. The summed E-state index contributed by atoms with van der Waals surface area (Å²) in [7, 11) is 1.93. The third-order valence-electron chi connectivity index (χ3n) is 4.47. The molecule has 2 heterocycles. The predicted octanol–water partition coefficient (Wildman–Crippen LogP) is 4.34. The van der Waals surface area contributed by atoms with E-state index in [0.717, 1.165) is 27.9 Å². The van der Waals surface area contributed by atoms with Gasteiger partial charge in [0.2, 0.25) is 0 Å². The lowest BCUT2D eigenvalue weighted by Gasteiger charge is -2.23. The normalized spacial score (nSPS) is 16.8. The molecule has 0 bridgehead atoms. The van der Waals surface area contributed by atoms with Crippen molar-refractivity contribution < 1.29 is 4.74 Å². The Morgan fingerprint density at radius 1 is 1.20 bits per heavy atom. The van der Waals surface area contributed by atoms with Gasteiger partial charge in [-0.1, -0.05) is 30.3 Å². The Morgan fingerprint density at radius 2 is 1.96 bits per heavy atom. The molecule has 3 aromatic rings. The molecule has 1 aliphatic rings. The standard InChI is InChI=1S/C21H17N3O/c1-14-16(11-15-7-3-6-10-20(15)25-14)12-17(13-22)21-23-18-8-4-5-9-19(18)24(21)2/h3-12,14H,1-2H3. The third-order valence-corrected chi connectivity index (χ3v) is 4.47. The first kappa shape index (κ1) is 15.2. The van der Waals surface area contributed by atoms with Crippen LogP contribution in [0.3, 0.4) is 0 Å². The fourth-order valence-electron chi connectivity index (χ4n) is 3.12. The fraction of sp³-hybridized carbons (Fsp3) is 0.143. The van der Waals surface area contributed by atoms with E-state index in [1.165, 1.54) is 0 Å². The molecular weight excluding hydrogens is 310 g/mol. The van der Waals surface area contributed by atoms with E-state index in [1.54, 1.807) is 0 Å². The molecule has 0 saturated carbocycles. The lowest BCUT2D eigenvalue weighted by atomic mass is 10.0. The molecule has 4 rings (SSSR count). The van der Waals surface area contributed by atoms with Crippen LogP contribution in [0.15, 0.2) is 60.2 Å². The van der Waals surface area contributed by atoms with E-state index in [-0.39, 0.29) is 6.10 Å². The number of benzene rings is 2. The average Bonchev–Trinajstić information content (AvgIpc) is 2.97. The number of fused-ring (bicyclic) bond motifs is 2. The van der Waals surface area contributed by atoms with Crippen molar-refractivity contribution in [2.75, 3.05) is 0 Å². The molecule has 0 spiro atoms. The van der Waals surface area contributed by atoms with Crippen molar-refractivity contribution in [1.29, 1.82) is 5.26 Å². The van der Waals surface area contributed by atoms with Gasteiger partial charge in [-0.2, -0.15) is 5.26 Å². The zero-order valence-corrected chi connectivity index (χ0v) is 14.1. The Labute approximate surface area is 146 Å². The van der Waals surface area contributed by atoms with E-state index in [0.29, 0.717) is 11.4 Å². The molecular formula is C21H17N3O. The molecule has 0 saturated heterocycles. The smallest absolute Gasteiger partial charge is 0.151 e. The van der Waals surface area contributed by atoms with Crippen LogP contribution < -0.4 is 4.74 Å². The number of imidazole rings is 1. The van der Waals surface area contributed by atoms with Gasteiger partial charge in [-0.05, 0) is 42.8 Å². The summed E-state index contributed by atoms with van der Waals surface area (Å²) < 4.78 is 7.92. The summed E-state index contributed by atoms with van der Waals surface area (Å²) in [5.74, 6) is 1.53. The highest BCUT2D eigenvalue weighted by Crippen LogP contribution is 2.31. The van der Waals surface area contributed by atoms with Crippen LogP contribution in [-0.4, -0.2) is 15.7 Å². The highest BCUT2D eigenvalue weighted by Gasteiger charge is 2.19. The molecule has 2 aromatic carbocycles. The lowest BCUT2D eigenvalue weighted by Crippen LogP contribution is -2.18. The number of hydrogen-bond acceptors (Lipinski definition) is 3. The Morgan fingerprint density at radius 3 is 2.76 bits per heavy atom. The number of aryl methyl sites for hydroxylation is 1. The predicted molar refractivity (Wildman–Crippen MR) is 98.8 cm³/mol. The van der Waals surface area contributed by atoms with Crippen LogP contribution in [-0.2, 0) is 7.05 Å². The maximum atomic E-state index is 9.70. The topological polar surface area (TPSA) is 50.8 Å². The SMILES string of the molecule is CC1Oc2ccccc2C=C1C=C(C#N)c1nc2ccccc2n1C. The first-order valence-electron chi connectivity index (χ1n) is 8.18. The van der Waals surface area contributed by atoms with Gasteiger partial charge in [0.1, 0.15) is 17.9 Å². The van der Waals surface area contributed by atoms with Crippen molar-refractivity contribution in [3.05, 3.63) is 71.6 Å². The van der Waals surface area contributed by atoms with Crippen molar-refractivity contribution in [3.63, 3.8) is 0 Å². The van der Waals surface area contributed by atoms with Crippen molar-refractivity contribution in [2.45, 2.75) is 13.0 Å². The number of para-hydroxylation sites is 3. The van der Waals surface area contributed by atoms with Crippen LogP contribution in [0.2, 0.25) is 0 Å². The minimum Gasteiger partial charge on any atom is -0.485 e. The van der Waals surface area contributed by atoms with E-state index >= 15 is 0 Å². The second-order valence-corrected chi connectivity index (χ2v) is 6.10. The van der Waals surface area contributed by atoms with Gasteiger partial charge < -0.3 is 9.30 Å². The molecule has 0 amide bonds. The molecule has 122 valence electrons. The molecule has 0 aliphatic carbocycles. The molecule has 4 nitrogen and oxygen atoms in total. The van der Waals surface area contributed by atoms with Crippen LogP contribution in [0.1, 0.15) is 18.3 Å². The maximum absolute atomic E-state index is 9.70. The molecule has 0 N–H and O–H groups in total. The molecule has 25 heavy (non-hydrogen) atoms. The molecule has 0 fully saturated rings. The third kappa shape index (κ3) is 2.60. The van der Waals surface area contributed by atoms with E-state index in [4.69, 9.17) is 4.74 Å². The quantitative estimate of drug-likeness (QED) is 0.658. The number of aromatic nitrogens is 2. The Bertz CT molecular complexity index is 1070. The summed E-state index contributed by atoms with van der Waals surface area (Å²) in [6.45, 7) is 1.99. The van der Waals surface area contributed by atoms with E-state index < -0.39 is 0 Å². The number of ether oxygens (including phenoxy) is 1.